The zero-order chi connectivity index (χ0) is 13.6. The van der Waals surface area contributed by atoms with E-state index in [1.165, 1.54) is 11.3 Å². The van der Waals surface area contributed by atoms with Gasteiger partial charge in [-0.2, -0.15) is 0 Å². The minimum atomic E-state index is -1.11. The highest BCUT2D eigenvalue weighted by Gasteiger charge is 2.70. The van der Waals surface area contributed by atoms with Crippen molar-refractivity contribution in [3.05, 3.63) is 22.4 Å². The van der Waals surface area contributed by atoms with Gasteiger partial charge in [-0.15, -0.1) is 11.3 Å². The molecular formula is C13H15NO4S. The first-order valence-electron chi connectivity index (χ1n) is 6.25. The summed E-state index contributed by atoms with van der Waals surface area (Å²) < 4.78 is 5.25. The van der Waals surface area contributed by atoms with E-state index in [0.717, 1.165) is 4.88 Å². The van der Waals surface area contributed by atoms with Crippen molar-refractivity contribution in [3.8, 4) is 0 Å². The van der Waals surface area contributed by atoms with E-state index in [9.17, 15) is 9.59 Å². The van der Waals surface area contributed by atoms with Crippen molar-refractivity contribution < 1.29 is 19.4 Å². The molecule has 0 bridgehead atoms. The minimum absolute atomic E-state index is 0.0526. The first-order chi connectivity index (χ1) is 9.04. The monoisotopic (exact) mass is 281 g/mol. The number of thiophene rings is 1. The van der Waals surface area contributed by atoms with Crippen LogP contribution in [0.3, 0.4) is 0 Å². The predicted octanol–water partition coefficient (Wildman–Crippen LogP) is 1.23. The van der Waals surface area contributed by atoms with Crippen molar-refractivity contribution >= 4 is 23.3 Å². The molecule has 2 aliphatic rings. The fourth-order valence-electron chi connectivity index (χ4n) is 3.25. The summed E-state index contributed by atoms with van der Waals surface area (Å²) in [5.74, 6) is -1.97. The van der Waals surface area contributed by atoms with Crippen LogP contribution in [0.4, 0.5) is 0 Å². The minimum Gasteiger partial charge on any atom is -0.481 e. The van der Waals surface area contributed by atoms with Gasteiger partial charge in [0, 0.05) is 10.8 Å². The fraction of sp³-hybridized carbons (Fsp3) is 0.538. The largest absolute Gasteiger partial charge is 0.481 e. The van der Waals surface area contributed by atoms with E-state index in [1.54, 1.807) is 0 Å². The second-order valence-electron chi connectivity index (χ2n) is 5.29. The van der Waals surface area contributed by atoms with Crippen molar-refractivity contribution in [1.82, 2.24) is 0 Å². The van der Waals surface area contributed by atoms with Gasteiger partial charge in [0.2, 0.25) is 0 Å². The molecule has 102 valence electrons. The van der Waals surface area contributed by atoms with Gasteiger partial charge in [-0.1, -0.05) is 6.07 Å². The van der Waals surface area contributed by atoms with E-state index in [4.69, 9.17) is 15.6 Å². The van der Waals surface area contributed by atoms with Crippen LogP contribution in [0.25, 0.3) is 0 Å². The molecule has 4 atom stereocenters. The molecular weight excluding hydrogens is 266 g/mol. The molecule has 0 aliphatic heterocycles. The molecule has 6 heteroatoms. The summed E-state index contributed by atoms with van der Waals surface area (Å²) in [6, 6.07) is 3.77. The van der Waals surface area contributed by atoms with Crippen molar-refractivity contribution in [2.75, 3.05) is 0 Å². The summed E-state index contributed by atoms with van der Waals surface area (Å²) in [7, 11) is 0. The van der Waals surface area contributed by atoms with E-state index in [-0.39, 0.29) is 18.4 Å². The van der Waals surface area contributed by atoms with Crippen LogP contribution in [0.1, 0.15) is 17.7 Å². The highest BCUT2D eigenvalue weighted by atomic mass is 32.1. The molecule has 2 saturated carbocycles. The Balaban J connectivity index is 1.65. The number of esters is 1. The maximum atomic E-state index is 12.1. The van der Waals surface area contributed by atoms with Crippen molar-refractivity contribution in [2.45, 2.75) is 25.0 Å². The molecule has 5 nitrogen and oxygen atoms in total. The fourth-order valence-corrected chi connectivity index (χ4v) is 3.86. The first kappa shape index (κ1) is 12.6. The van der Waals surface area contributed by atoms with Gasteiger partial charge in [0.15, 0.2) is 0 Å². The highest BCUT2D eigenvalue weighted by Crippen LogP contribution is 2.61. The number of ether oxygens (including phenoxy) is 1. The third kappa shape index (κ3) is 1.95. The average molecular weight is 281 g/mol. The van der Waals surface area contributed by atoms with Gasteiger partial charge in [-0.25, -0.2) is 0 Å². The normalized spacial score (nSPS) is 35.7. The number of nitrogens with two attached hydrogens (primary N) is 1. The van der Waals surface area contributed by atoms with Crippen LogP contribution in [-0.4, -0.2) is 22.6 Å². The smallest absolute Gasteiger partial charge is 0.326 e. The Morgan fingerprint density at radius 3 is 2.95 bits per heavy atom. The van der Waals surface area contributed by atoms with Gasteiger partial charge in [0.1, 0.15) is 12.1 Å². The zero-order valence-corrected chi connectivity index (χ0v) is 11.1. The Bertz CT molecular complexity index is 515. The molecule has 0 radical (unpaired) electrons. The Kier molecular flexibility index (Phi) is 2.87. The van der Waals surface area contributed by atoms with Crippen LogP contribution in [0.2, 0.25) is 0 Å². The molecule has 0 amide bonds. The lowest BCUT2D eigenvalue weighted by molar-refractivity contribution is -0.152. The van der Waals surface area contributed by atoms with Crippen LogP contribution in [-0.2, 0) is 20.9 Å². The van der Waals surface area contributed by atoms with E-state index in [1.807, 2.05) is 17.5 Å². The summed E-state index contributed by atoms with van der Waals surface area (Å²) in [6.45, 7) is 0.213. The summed E-state index contributed by atoms with van der Waals surface area (Å²) in [6.07, 6.45) is 1.22. The van der Waals surface area contributed by atoms with Crippen molar-refractivity contribution in [2.24, 2.45) is 23.5 Å². The molecule has 1 aromatic heterocycles. The van der Waals surface area contributed by atoms with Crippen LogP contribution in [0, 0.1) is 17.8 Å². The quantitative estimate of drug-likeness (QED) is 0.810. The van der Waals surface area contributed by atoms with Gasteiger partial charge in [0.25, 0.3) is 0 Å². The van der Waals surface area contributed by atoms with E-state index in [0.29, 0.717) is 12.8 Å². The number of carbonyl (C=O) groups is 2. The van der Waals surface area contributed by atoms with Gasteiger partial charge in [-0.3, -0.25) is 9.59 Å². The Hall–Kier alpha value is -1.40. The maximum absolute atomic E-state index is 12.1. The predicted molar refractivity (Wildman–Crippen MR) is 68.4 cm³/mol. The van der Waals surface area contributed by atoms with Gasteiger partial charge in [0.05, 0.1) is 5.92 Å². The SMILES string of the molecule is NC1(C(=O)OCc2cccs2)CCC2C(C(=O)O)C21. The van der Waals surface area contributed by atoms with Crippen molar-refractivity contribution in [1.29, 1.82) is 0 Å². The molecule has 3 N–H and O–H groups in total. The van der Waals surface area contributed by atoms with E-state index < -0.39 is 23.4 Å². The number of hydrogen-bond donors (Lipinski definition) is 2. The number of aliphatic carboxylic acids is 1. The molecule has 0 spiro atoms. The lowest BCUT2D eigenvalue weighted by atomic mass is 9.91. The lowest BCUT2D eigenvalue weighted by Crippen LogP contribution is -2.50. The van der Waals surface area contributed by atoms with Crippen LogP contribution < -0.4 is 5.73 Å². The van der Waals surface area contributed by atoms with E-state index in [2.05, 4.69) is 0 Å². The zero-order valence-electron chi connectivity index (χ0n) is 10.2. The van der Waals surface area contributed by atoms with Crippen molar-refractivity contribution in [3.63, 3.8) is 0 Å². The topological polar surface area (TPSA) is 89.6 Å². The molecule has 4 unspecified atom stereocenters. The number of hydrogen-bond acceptors (Lipinski definition) is 5. The first-order valence-corrected chi connectivity index (χ1v) is 7.13. The van der Waals surface area contributed by atoms with E-state index >= 15 is 0 Å². The number of carboxylic acids is 1. The molecule has 2 fully saturated rings. The highest BCUT2D eigenvalue weighted by molar-refractivity contribution is 7.09. The summed E-state index contributed by atoms with van der Waals surface area (Å²) in [5.41, 5.74) is 5.01. The van der Waals surface area contributed by atoms with Crippen LogP contribution in [0.5, 0.6) is 0 Å². The Morgan fingerprint density at radius 2 is 2.37 bits per heavy atom. The Labute approximate surface area is 114 Å². The molecule has 0 saturated heterocycles. The summed E-state index contributed by atoms with van der Waals surface area (Å²) >= 11 is 1.51. The van der Waals surface area contributed by atoms with Gasteiger partial charge < -0.3 is 15.6 Å². The lowest BCUT2D eigenvalue weighted by Gasteiger charge is -2.24. The number of carboxylic acid groups (broad SMARTS) is 1. The molecule has 1 aromatic rings. The molecule has 19 heavy (non-hydrogen) atoms. The molecule has 2 aliphatic carbocycles. The molecule has 3 rings (SSSR count). The average Bonchev–Trinajstić information content (AvgIpc) is 2.71. The molecule has 0 aromatic carbocycles. The van der Waals surface area contributed by atoms with Crippen LogP contribution in [0.15, 0.2) is 17.5 Å². The second-order valence-corrected chi connectivity index (χ2v) is 6.32. The molecule has 1 heterocycles. The van der Waals surface area contributed by atoms with Crippen LogP contribution >= 0.6 is 11.3 Å². The third-order valence-electron chi connectivity index (χ3n) is 4.25. The summed E-state index contributed by atoms with van der Waals surface area (Å²) in [4.78, 5) is 24.1. The number of fused-ring (bicyclic) bond motifs is 1. The standard InChI is InChI=1S/C13H15NO4S/c14-13(4-3-8-9(10(8)13)11(15)16)12(17)18-6-7-2-1-5-19-7/h1-2,5,8-10H,3-4,6,14H2,(H,15,16). The number of carbonyl (C=O) groups excluding carboxylic acids is 1. The Morgan fingerprint density at radius 1 is 1.58 bits per heavy atom. The van der Waals surface area contributed by atoms with Gasteiger partial charge in [-0.05, 0) is 30.2 Å². The second kappa shape index (κ2) is 4.31. The van der Waals surface area contributed by atoms with Gasteiger partial charge >= 0.3 is 11.9 Å². The summed E-state index contributed by atoms with van der Waals surface area (Å²) in [5, 5.41) is 11.0. The maximum Gasteiger partial charge on any atom is 0.326 e. The number of rotatable bonds is 4. The third-order valence-corrected chi connectivity index (χ3v) is 5.10.